The minimum absolute atomic E-state index is 0.165. The summed E-state index contributed by atoms with van der Waals surface area (Å²) in [5.74, 6) is 0. The topological polar surface area (TPSA) is 12.0 Å². The van der Waals surface area contributed by atoms with Crippen molar-refractivity contribution in [2.24, 2.45) is 0 Å². The molecule has 0 aliphatic heterocycles. The molecule has 1 atom stereocenters. The predicted molar refractivity (Wildman–Crippen MR) is 84.0 cm³/mol. The molecular weight excluding hydrogens is 258 g/mol. The Balaban J connectivity index is 2.18. The standard InChI is InChI=1S/C15H15NS2/c17-15(18)16-14(13-9-5-2-6-10-13)11-12-7-3-1-4-8-12/h1-10,14H,11H2,(H2,16,17,18). The van der Waals surface area contributed by atoms with Crippen LogP contribution in [0.15, 0.2) is 60.7 Å². The molecule has 0 aromatic heterocycles. The third-order valence-electron chi connectivity index (χ3n) is 2.78. The molecule has 92 valence electrons. The van der Waals surface area contributed by atoms with Crippen LogP contribution in [0.2, 0.25) is 0 Å². The molecule has 2 aromatic carbocycles. The highest BCUT2D eigenvalue weighted by Gasteiger charge is 2.11. The zero-order valence-electron chi connectivity index (χ0n) is 9.91. The summed E-state index contributed by atoms with van der Waals surface area (Å²) in [6.45, 7) is 0. The molecule has 0 saturated heterocycles. The Morgan fingerprint density at radius 3 is 2.11 bits per heavy atom. The van der Waals surface area contributed by atoms with Gasteiger partial charge < -0.3 is 5.32 Å². The lowest BCUT2D eigenvalue weighted by Crippen LogP contribution is -2.25. The highest BCUT2D eigenvalue weighted by molar-refractivity contribution is 8.11. The maximum atomic E-state index is 5.04. The van der Waals surface area contributed by atoms with E-state index < -0.39 is 0 Å². The molecular formula is C15H15NS2. The second-order valence-electron chi connectivity index (χ2n) is 4.10. The molecule has 2 aromatic rings. The number of hydrogen-bond acceptors (Lipinski definition) is 1. The number of thiocarbonyl (C=S) groups is 1. The van der Waals surface area contributed by atoms with Gasteiger partial charge >= 0.3 is 0 Å². The smallest absolute Gasteiger partial charge is 0.131 e. The van der Waals surface area contributed by atoms with Crippen LogP contribution in [0.5, 0.6) is 0 Å². The quantitative estimate of drug-likeness (QED) is 0.649. The van der Waals surface area contributed by atoms with E-state index in [0.29, 0.717) is 4.32 Å². The predicted octanol–water partition coefficient (Wildman–Crippen LogP) is 3.77. The van der Waals surface area contributed by atoms with Crippen LogP contribution in [0.1, 0.15) is 17.2 Å². The van der Waals surface area contributed by atoms with Gasteiger partial charge in [0.25, 0.3) is 0 Å². The molecule has 0 heterocycles. The van der Waals surface area contributed by atoms with Crippen LogP contribution in [-0.4, -0.2) is 4.32 Å². The third-order valence-corrected chi connectivity index (χ3v) is 3.03. The summed E-state index contributed by atoms with van der Waals surface area (Å²) < 4.78 is 0.528. The van der Waals surface area contributed by atoms with Crippen LogP contribution in [0, 0.1) is 0 Å². The lowest BCUT2D eigenvalue weighted by atomic mass is 9.99. The van der Waals surface area contributed by atoms with Gasteiger partial charge in [-0.1, -0.05) is 72.9 Å². The van der Waals surface area contributed by atoms with Crippen LogP contribution in [0.25, 0.3) is 0 Å². The molecule has 0 radical (unpaired) electrons. The number of rotatable bonds is 4. The summed E-state index contributed by atoms with van der Waals surface area (Å²) in [7, 11) is 0. The van der Waals surface area contributed by atoms with Gasteiger partial charge in [-0.3, -0.25) is 0 Å². The van der Waals surface area contributed by atoms with Crippen LogP contribution in [0.3, 0.4) is 0 Å². The van der Waals surface area contributed by atoms with E-state index in [-0.39, 0.29) is 6.04 Å². The summed E-state index contributed by atoms with van der Waals surface area (Å²) in [5.41, 5.74) is 2.50. The Hall–Kier alpha value is -1.32. The molecule has 2 rings (SSSR count). The molecule has 0 saturated carbocycles. The molecule has 0 spiro atoms. The van der Waals surface area contributed by atoms with E-state index in [0.717, 1.165) is 6.42 Å². The molecule has 0 fully saturated rings. The maximum absolute atomic E-state index is 5.04. The summed E-state index contributed by atoms with van der Waals surface area (Å²) >= 11 is 9.22. The average Bonchev–Trinajstić information content (AvgIpc) is 2.40. The zero-order chi connectivity index (χ0) is 12.8. The van der Waals surface area contributed by atoms with E-state index in [2.05, 4.69) is 54.3 Å². The average molecular weight is 273 g/mol. The number of benzene rings is 2. The molecule has 3 heteroatoms. The van der Waals surface area contributed by atoms with Gasteiger partial charge in [-0.2, -0.15) is 0 Å². The van der Waals surface area contributed by atoms with Crippen molar-refractivity contribution in [1.82, 2.24) is 5.32 Å². The largest absolute Gasteiger partial charge is 0.364 e. The summed E-state index contributed by atoms with van der Waals surface area (Å²) in [6, 6.07) is 20.8. The first-order valence-corrected chi connectivity index (χ1v) is 6.69. The molecule has 1 nitrogen and oxygen atoms in total. The van der Waals surface area contributed by atoms with Crippen molar-refractivity contribution in [3.8, 4) is 0 Å². The van der Waals surface area contributed by atoms with E-state index in [1.807, 2.05) is 24.3 Å². The van der Waals surface area contributed by atoms with Crippen molar-refractivity contribution < 1.29 is 0 Å². The normalized spacial score (nSPS) is 11.8. The highest BCUT2D eigenvalue weighted by atomic mass is 32.1. The molecule has 18 heavy (non-hydrogen) atoms. The van der Waals surface area contributed by atoms with Crippen LogP contribution in [0.4, 0.5) is 0 Å². The van der Waals surface area contributed by atoms with E-state index in [4.69, 9.17) is 12.2 Å². The minimum Gasteiger partial charge on any atom is -0.364 e. The van der Waals surface area contributed by atoms with Crippen molar-refractivity contribution in [2.45, 2.75) is 12.5 Å². The Bertz CT molecular complexity index is 496. The molecule has 0 aliphatic carbocycles. The summed E-state index contributed by atoms with van der Waals surface area (Å²) in [4.78, 5) is 0. The Kier molecular flexibility index (Phi) is 4.79. The van der Waals surface area contributed by atoms with E-state index in [1.165, 1.54) is 11.1 Å². The van der Waals surface area contributed by atoms with Gasteiger partial charge in [0.05, 0.1) is 6.04 Å². The van der Waals surface area contributed by atoms with E-state index in [9.17, 15) is 0 Å². The highest BCUT2D eigenvalue weighted by Crippen LogP contribution is 2.18. The lowest BCUT2D eigenvalue weighted by molar-refractivity contribution is 0.653. The first-order valence-electron chi connectivity index (χ1n) is 5.84. The van der Waals surface area contributed by atoms with Gasteiger partial charge in [0, 0.05) is 0 Å². The molecule has 0 amide bonds. The Labute approximate surface area is 119 Å². The van der Waals surface area contributed by atoms with Crippen molar-refractivity contribution in [3.63, 3.8) is 0 Å². The van der Waals surface area contributed by atoms with E-state index in [1.54, 1.807) is 0 Å². The van der Waals surface area contributed by atoms with Crippen molar-refractivity contribution >= 4 is 29.2 Å². The molecule has 0 bridgehead atoms. The van der Waals surface area contributed by atoms with Gasteiger partial charge in [-0.05, 0) is 17.5 Å². The fourth-order valence-corrected chi connectivity index (χ4v) is 2.23. The first-order chi connectivity index (χ1) is 8.75. The number of hydrogen-bond donors (Lipinski definition) is 2. The molecule has 1 N–H and O–H groups in total. The summed E-state index contributed by atoms with van der Waals surface area (Å²) in [5, 5.41) is 3.24. The Morgan fingerprint density at radius 2 is 1.56 bits per heavy atom. The minimum atomic E-state index is 0.165. The number of nitrogens with one attached hydrogen (secondary N) is 1. The van der Waals surface area contributed by atoms with Gasteiger partial charge in [0.15, 0.2) is 0 Å². The van der Waals surface area contributed by atoms with Gasteiger partial charge in [0.1, 0.15) is 4.32 Å². The second kappa shape index (κ2) is 6.57. The fourth-order valence-electron chi connectivity index (χ4n) is 1.94. The van der Waals surface area contributed by atoms with Gasteiger partial charge in [-0.15, -0.1) is 12.6 Å². The van der Waals surface area contributed by atoms with Crippen molar-refractivity contribution in [1.29, 1.82) is 0 Å². The van der Waals surface area contributed by atoms with Crippen molar-refractivity contribution in [3.05, 3.63) is 71.8 Å². The monoisotopic (exact) mass is 273 g/mol. The van der Waals surface area contributed by atoms with Crippen molar-refractivity contribution in [2.75, 3.05) is 0 Å². The fraction of sp³-hybridized carbons (Fsp3) is 0.133. The van der Waals surface area contributed by atoms with Gasteiger partial charge in [0.2, 0.25) is 0 Å². The van der Waals surface area contributed by atoms with Crippen LogP contribution in [-0.2, 0) is 6.42 Å². The van der Waals surface area contributed by atoms with Crippen LogP contribution < -0.4 is 5.32 Å². The third kappa shape index (κ3) is 3.86. The lowest BCUT2D eigenvalue weighted by Gasteiger charge is -2.19. The molecule has 1 unspecified atom stereocenters. The van der Waals surface area contributed by atoms with E-state index >= 15 is 0 Å². The Morgan fingerprint density at radius 1 is 1.00 bits per heavy atom. The second-order valence-corrected chi connectivity index (χ2v) is 5.26. The number of thiol groups is 1. The summed E-state index contributed by atoms with van der Waals surface area (Å²) in [6.07, 6.45) is 0.894. The zero-order valence-corrected chi connectivity index (χ0v) is 11.6. The van der Waals surface area contributed by atoms with Crippen LogP contribution >= 0.6 is 24.8 Å². The maximum Gasteiger partial charge on any atom is 0.131 e. The van der Waals surface area contributed by atoms with Gasteiger partial charge in [-0.25, -0.2) is 0 Å². The molecule has 0 aliphatic rings. The first kappa shape index (κ1) is 13.1. The SMILES string of the molecule is S=C(S)NC(Cc1ccccc1)c1ccccc1.